The smallest absolute Gasteiger partial charge is 0.230 e. The molecule has 154 valence electrons. The van der Waals surface area contributed by atoms with Crippen LogP contribution >= 0.6 is 11.6 Å². The van der Waals surface area contributed by atoms with Crippen LogP contribution in [0, 0.1) is 29.6 Å². The Morgan fingerprint density at radius 3 is 2.22 bits per heavy atom. The van der Waals surface area contributed by atoms with E-state index in [2.05, 4.69) is 27.4 Å². The Labute approximate surface area is 190 Å². The number of nitrogens with one attached hydrogen (secondary N) is 1. The maximum atomic E-state index is 8.98. The van der Waals surface area contributed by atoms with Crippen molar-refractivity contribution in [3.05, 3.63) is 94.6 Å². The molecule has 0 aliphatic carbocycles. The van der Waals surface area contributed by atoms with Gasteiger partial charge in [-0.1, -0.05) is 23.7 Å². The topological polar surface area (TPSA) is 94.6 Å². The number of anilines is 2. The van der Waals surface area contributed by atoms with Gasteiger partial charge in [0, 0.05) is 29.6 Å². The molecule has 0 atom stereocenters. The number of aromatic nitrogens is 2. The minimum atomic E-state index is 0.362. The molecule has 7 heteroatoms. The summed E-state index contributed by atoms with van der Waals surface area (Å²) < 4.78 is 5.97. The number of nitrogens with zero attached hydrogens (tertiary/aromatic N) is 4. The number of rotatable bonds is 5. The number of ether oxygens (including phenoxy) is 1. The van der Waals surface area contributed by atoms with Gasteiger partial charge in [0.1, 0.15) is 5.75 Å². The van der Waals surface area contributed by atoms with Crippen LogP contribution in [-0.4, -0.2) is 9.97 Å². The van der Waals surface area contributed by atoms with E-state index in [0.717, 1.165) is 22.4 Å². The fourth-order valence-corrected chi connectivity index (χ4v) is 3.31. The molecule has 32 heavy (non-hydrogen) atoms. The van der Waals surface area contributed by atoms with Crippen LogP contribution < -0.4 is 10.1 Å². The Kier molecular flexibility index (Phi) is 5.98. The van der Waals surface area contributed by atoms with Gasteiger partial charge in [0.2, 0.25) is 11.8 Å². The van der Waals surface area contributed by atoms with Gasteiger partial charge in [-0.25, -0.2) is 4.98 Å². The first kappa shape index (κ1) is 20.9. The Balaban J connectivity index is 1.55. The summed E-state index contributed by atoms with van der Waals surface area (Å²) in [6.45, 7) is 1.93. The van der Waals surface area contributed by atoms with Crippen LogP contribution in [-0.2, 0) is 0 Å². The van der Waals surface area contributed by atoms with E-state index in [9.17, 15) is 0 Å². The highest BCUT2D eigenvalue weighted by molar-refractivity contribution is 6.33. The largest absolute Gasteiger partial charge is 0.439 e. The zero-order chi connectivity index (χ0) is 22.5. The second-order valence-corrected chi connectivity index (χ2v) is 7.33. The molecule has 0 aliphatic heterocycles. The molecule has 1 heterocycles. The highest BCUT2D eigenvalue weighted by Crippen LogP contribution is 2.35. The lowest BCUT2D eigenvalue weighted by Crippen LogP contribution is -1.99. The third kappa shape index (κ3) is 4.67. The molecule has 4 aromatic rings. The third-order valence-corrected chi connectivity index (χ3v) is 5.02. The predicted octanol–water partition coefficient (Wildman–Crippen LogP) is 6.38. The number of nitriles is 2. The number of hydrogen-bond donors (Lipinski definition) is 1. The predicted molar refractivity (Wildman–Crippen MR) is 123 cm³/mol. The summed E-state index contributed by atoms with van der Waals surface area (Å²) in [6.07, 6.45) is 1.59. The average molecular weight is 438 g/mol. The average Bonchev–Trinajstić information content (AvgIpc) is 2.82. The second kappa shape index (κ2) is 9.18. The van der Waals surface area contributed by atoms with Gasteiger partial charge in [-0.05, 0) is 60.5 Å². The lowest BCUT2D eigenvalue weighted by molar-refractivity contribution is 0.459. The minimum absolute atomic E-state index is 0.362. The molecule has 1 N–H and O–H groups in total. The number of aryl methyl sites for hydroxylation is 1. The van der Waals surface area contributed by atoms with Gasteiger partial charge in [-0.3, -0.25) is 0 Å². The van der Waals surface area contributed by atoms with Gasteiger partial charge in [0.15, 0.2) is 0 Å². The monoisotopic (exact) mass is 437 g/mol. The Morgan fingerprint density at radius 1 is 0.906 bits per heavy atom. The molecule has 0 saturated carbocycles. The van der Waals surface area contributed by atoms with E-state index in [1.54, 1.807) is 54.7 Å². The molecule has 0 amide bonds. The fourth-order valence-electron chi connectivity index (χ4n) is 3.05. The number of hydrogen-bond acceptors (Lipinski definition) is 6. The van der Waals surface area contributed by atoms with Crippen LogP contribution in [0.25, 0.3) is 11.1 Å². The van der Waals surface area contributed by atoms with E-state index in [1.807, 2.05) is 25.1 Å². The molecule has 0 aliphatic rings. The van der Waals surface area contributed by atoms with Crippen LogP contribution in [0.1, 0.15) is 16.7 Å². The quantitative estimate of drug-likeness (QED) is 0.389. The van der Waals surface area contributed by atoms with E-state index in [-0.39, 0.29) is 0 Å². The Hall–Kier alpha value is -4.39. The van der Waals surface area contributed by atoms with E-state index >= 15 is 0 Å². The van der Waals surface area contributed by atoms with E-state index < -0.39 is 0 Å². The van der Waals surface area contributed by atoms with Gasteiger partial charge >= 0.3 is 0 Å². The highest BCUT2D eigenvalue weighted by atomic mass is 35.5. The lowest BCUT2D eigenvalue weighted by Gasteiger charge is -2.13. The standard InChI is InChI=1S/C25H16ClN5O/c1-16-12-21(19-6-2-17(14-27)3-7-19)22(26)13-23(16)32-24-10-11-29-25(31-24)30-20-8-4-18(15-28)5-9-20/h2-13H,1H3,(H,29,30,31). The molecule has 0 saturated heterocycles. The second-order valence-electron chi connectivity index (χ2n) is 6.92. The minimum Gasteiger partial charge on any atom is -0.439 e. The summed E-state index contributed by atoms with van der Waals surface area (Å²) in [5, 5.41) is 21.5. The van der Waals surface area contributed by atoms with Crippen LogP contribution in [0.5, 0.6) is 11.6 Å². The summed E-state index contributed by atoms with van der Waals surface area (Å²) in [7, 11) is 0. The first-order chi connectivity index (χ1) is 15.6. The SMILES string of the molecule is Cc1cc(-c2ccc(C#N)cc2)c(Cl)cc1Oc1ccnc(Nc2ccc(C#N)cc2)n1. The molecule has 6 nitrogen and oxygen atoms in total. The molecule has 0 fully saturated rings. The molecule has 0 spiro atoms. The summed E-state index contributed by atoms with van der Waals surface area (Å²) in [6, 6.07) is 23.8. The van der Waals surface area contributed by atoms with Gasteiger partial charge in [0.25, 0.3) is 0 Å². The number of halogens is 1. The molecule has 0 unspecified atom stereocenters. The van der Waals surface area contributed by atoms with Crippen molar-refractivity contribution in [3.8, 4) is 34.9 Å². The maximum Gasteiger partial charge on any atom is 0.230 e. The first-order valence-electron chi connectivity index (χ1n) is 9.64. The first-order valence-corrected chi connectivity index (χ1v) is 10.0. The van der Waals surface area contributed by atoms with Crippen molar-refractivity contribution in [1.82, 2.24) is 9.97 Å². The van der Waals surface area contributed by atoms with Crippen molar-refractivity contribution in [2.45, 2.75) is 6.92 Å². The van der Waals surface area contributed by atoms with Crippen molar-refractivity contribution in [2.75, 3.05) is 5.32 Å². The number of benzene rings is 3. The Bertz CT molecular complexity index is 1350. The molecule has 4 rings (SSSR count). The van der Waals surface area contributed by atoms with Crippen LogP contribution in [0.3, 0.4) is 0 Å². The van der Waals surface area contributed by atoms with E-state index in [4.69, 9.17) is 26.9 Å². The van der Waals surface area contributed by atoms with Crippen molar-refractivity contribution >= 4 is 23.2 Å². The van der Waals surface area contributed by atoms with E-state index in [1.165, 1.54) is 0 Å². The summed E-state index contributed by atoms with van der Waals surface area (Å²) in [5.41, 5.74) is 4.58. The maximum absolute atomic E-state index is 8.98. The molecule has 3 aromatic carbocycles. The summed E-state index contributed by atoms with van der Waals surface area (Å²) in [4.78, 5) is 8.60. The third-order valence-electron chi connectivity index (χ3n) is 4.70. The van der Waals surface area contributed by atoms with Crippen molar-refractivity contribution in [3.63, 3.8) is 0 Å². The summed E-state index contributed by atoms with van der Waals surface area (Å²) >= 11 is 6.53. The molecule has 0 radical (unpaired) electrons. The molecular weight excluding hydrogens is 422 g/mol. The zero-order valence-corrected chi connectivity index (χ0v) is 17.8. The fraction of sp³-hybridized carbons (Fsp3) is 0.0400. The van der Waals surface area contributed by atoms with Gasteiger partial charge in [0.05, 0.1) is 28.3 Å². The lowest BCUT2D eigenvalue weighted by atomic mass is 10.0. The van der Waals surface area contributed by atoms with Crippen molar-refractivity contribution in [2.24, 2.45) is 0 Å². The Morgan fingerprint density at radius 2 is 1.56 bits per heavy atom. The van der Waals surface area contributed by atoms with Gasteiger partial charge in [-0.2, -0.15) is 15.5 Å². The van der Waals surface area contributed by atoms with Crippen LogP contribution in [0.4, 0.5) is 11.6 Å². The van der Waals surface area contributed by atoms with Gasteiger partial charge in [-0.15, -0.1) is 0 Å². The van der Waals surface area contributed by atoms with Gasteiger partial charge < -0.3 is 10.1 Å². The van der Waals surface area contributed by atoms with Crippen molar-refractivity contribution in [1.29, 1.82) is 10.5 Å². The van der Waals surface area contributed by atoms with Crippen LogP contribution in [0.15, 0.2) is 72.9 Å². The van der Waals surface area contributed by atoms with Crippen LogP contribution in [0.2, 0.25) is 5.02 Å². The zero-order valence-electron chi connectivity index (χ0n) is 17.0. The normalized spacial score (nSPS) is 10.1. The van der Waals surface area contributed by atoms with E-state index in [0.29, 0.717) is 33.7 Å². The summed E-state index contributed by atoms with van der Waals surface area (Å²) in [5.74, 6) is 1.31. The van der Waals surface area contributed by atoms with Crippen molar-refractivity contribution < 1.29 is 4.74 Å². The molecule has 1 aromatic heterocycles. The molecular formula is C25H16ClN5O. The highest BCUT2D eigenvalue weighted by Gasteiger charge is 2.11. The molecule has 0 bridgehead atoms.